The van der Waals surface area contributed by atoms with E-state index in [1.807, 2.05) is 0 Å². The van der Waals surface area contributed by atoms with Crippen molar-refractivity contribution in [2.45, 2.75) is 285 Å². The van der Waals surface area contributed by atoms with Crippen molar-refractivity contribution in [1.29, 1.82) is 0 Å². The third-order valence-electron chi connectivity index (χ3n) is 12.0. The number of ether oxygens (including phenoxy) is 3. The second-order valence-electron chi connectivity index (χ2n) is 19.0. The van der Waals surface area contributed by atoms with Gasteiger partial charge in [-0.25, -0.2) is 0 Å². The van der Waals surface area contributed by atoms with Crippen LogP contribution in [0.1, 0.15) is 279 Å². The van der Waals surface area contributed by atoms with Crippen LogP contribution in [0, 0.1) is 17.8 Å². The van der Waals surface area contributed by atoms with Crippen LogP contribution in [0.3, 0.4) is 0 Å². The molecule has 0 fully saturated rings. The molecule has 344 valence electrons. The third-order valence-corrected chi connectivity index (χ3v) is 12.0. The van der Waals surface area contributed by atoms with E-state index in [0.29, 0.717) is 19.3 Å². The SMILES string of the molecule is CCC(C)CCCCCCCCCCC(=O)O[C@@H](COC(=O)CCCCCCCCCCCCCCCCCC(C)C)COC(=O)CCCCCCCCCC(C)C. The molecule has 2 atom stereocenters. The highest BCUT2D eigenvalue weighted by Crippen LogP contribution is 2.18. The van der Waals surface area contributed by atoms with Crippen molar-refractivity contribution in [2.24, 2.45) is 17.8 Å². The lowest BCUT2D eigenvalue weighted by molar-refractivity contribution is -0.167. The molecule has 0 aliphatic rings. The Bertz CT molecular complexity index is 900. The zero-order valence-corrected chi connectivity index (χ0v) is 39.8. The van der Waals surface area contributed by atoms with Crippen molar-refractivity contribution in [3.05, 3.63) is 0 Å². The number of unbranched alkanes of at least 4 members (excludes halogenated alkanes) is 27. The van der Waals surface area contributed by atoms with Crippen molar-refractivity contribution in [3.8, 4) is 0 Å². The van der Waals surface area contributed by atoms with E-state index in [1.165, 1.54) is 161 Å². The molecule has 0 radical (unpaired) electrons. The molecule has 6 nitrogen and oxygen atoms in total. The summed E-state index contributed by atoms with van der Waals surface area (Å²) >= 11 is 0. The van der Waals surface area contributed by atoms with Crippen LogP contribution in [0.15, 0.2) is 0 Å². The van der Waals surface area contributed by atoms with E-state index in [-0.39, 0.29) is 31.1 Å². The molecule has 0 N–H and O–H groups in total. The van der Waals surface area contributed by atoms with E-state index in [9.17, 15) is 14.4 Å². The normalized spacial score (nSPS) is 12.6. The second-order valence-corrected chi connectivity index (χ2v) is 19.0. The molecular weight excluding hydrogens is 721 g/mol. The quantitative estimate of drug-likeness (QED) is 0.0346. The first kappa shape index (κ1) is 56.4. The van der Waals surface area contributed by atoms with Gasteiger partial charge in [0.2, 0.25) is 0 Å². The molecule has 6 heteroatoms. The summed E-state index contributed by atoms with van der Waals surface area (Å²) in [6, 6.07) is 0. The van der Waals surface area contributed by atoms with Crippen molar-refractivity contribution in [1.82, 2.24) is 0 Å². The molecule has 0 rings (SSSR count). The first-order chi connectivity index (χ1) is 28.1. The summed E-state index contributed by atoms with van der Waals surface area (Å²) in [5, 5.41) is 0. The minimum atomic E-state index is -0.763. The lowest BCUT2D eigenvalue weighted by atomic mass is 9.99. The van der Waals surface area contributed by atoms with Gasteiger partial charge in [-0.05, 0) is 37.0 Å². The van der Waals surface area contributed by atoms with Crippen LogP contribution < -0.4 is 0 Å². The maximum absolute atomic E-state index is 12.8. The van der Waals surface area contributed by atoms with Crippen LogP contribution >= 0.6 is 0 Å². The average molecular weight is 821 g/mol. The van der Waals surface area contributed by atoms with Crippen LogP contribution in [-0.2, 0) is 28.6 Å². The molecule has 0 amide bonds. The Balaban J connectivity index is 4.27. The Morgan fingerprint density at radius 2 is 0.603 bits per heavy atom. The van der Waals surface area contributed by atoms with Gasteiger partial charge in [-0.15, -0.1) is 0 Å². The summed E-state index contributed by atoms with van der Waals surface area (Å²) in [7, 11) is 0. The third kappa shape index (κ3) is 44.0. The number of carbonyl (C=O) groups excluding carboxylic acids is 3. The van der Waals surface area contributed by atoms with E-state index in [0.717, 1.165) is 75.5 Å². The van der Waals surface area contributed by atoms with Crippen LogP contribution in [0.25, 0.3) is 0 Å². The van der Waals surface area contributed by atoms with Gasteiger partial charge in [-0.2, -0.15) is 0 Å². The average Bonchev–Trinajstić information content (AvgIpc) is 3.19. The molecule has 0 aromatic rings. The molecule has 0 aliphatic carbocycles. The van der Waals surface area contributed by atoms with Crippen LogP contribution in [0.4, 0.5) is 0 Å². The van der Waals surface area contributed by atoms with Crippen molar-refractivity contribution < 1.29 is 28.6 Å². The Hall–Kier alpha value is -1.59. The largest absolute Gasteiger partial charge is 0.462 e. The first-order valence-corrected chi connectivity index (χ1v) is 25.6. The number of rotatable bonds is 45. The summed E-state index contributed by atoms with van der Waals surface area (Å²) < 4.78 is 16.8. The summed E-state index contributed by atoms with van der Waals surface area (Å²) in [5.74, 6) is 1.62. The Kier molecular flexibility index (Phi) is 42.3. The lowest BCUT2D eigenvalue weighted by Crippen LogP contribution is -2.30. The van der Waals surface area contributed by atoms with Crippen molar-refractivity contribution in [2.75, 3.05) is 13.2 Å². The van der Waals surface area contributed by atoms with E-state index >= 15 is 0 Å². The first-order valence-electron chi connectivity index (χ1n) is 25.6. The molecule has 0 bridgehead atoms. The summed E-state index contributed by atoms with van der Waals surface area (Å²) in [4.78, 5) is 37.9. The molecular formula is C52H100O6. The predicted molar refractivity (Wildman–Crippen MR) is 247 cm³/mol. The fourth-order valence-electron chi connectivity index (χ4n) is 7.73. The molecule has 0 aromatic carbocycles. The maximum atomic E-state index is 12.8. The van der Waals surface area contributed by atoms with Crippen molar-refractivity contribution in [3.63, 3.8) is 0 Å². The lowest BCUT2D eigenvalue weighted by Gasteiger charge is -2.18. The molecule has 0 aliphatic heterocycles. The van der Waals surface area contributed by atoms with Gasteiger partial charge in [-0.3, -0.25) is 14.4 Å². The van der Waals surface area contributed by atoms with E-state index in [4.69, 9.17) is 14.2 Å². The zero-order valence-electron chi connectivity index (χ0n) is 39.8. The van der Waals surface area contributed by atoms with Crippen LogP contribution in [-0.4, -0.2) is 37.2 Å². The molecule has 0 aromatic heterocycles. The monoisotopic (exact) mass is 821 g/mol. The van der Waals surface area contributed by atoms with E-state index in [2.05, 4.69) is 41.5 Å². The molecule has 0 spiro atoms. The highest BCUT2D eigenvalue weighted by Gasteiger charge is 2.19. The second kappa shape index (κ2) is 43.5. The van der Waals surface area contributed by atoms with E-state index < -0.39 is 6.10 Å². The Labute approximate surface area is 361 Å². The van der Waals surface area contributed by atoms with Gasteiger partial charge in [-0.1, -0.05) is 241 Å². The molecule has 0 saturated heterocycles. The number of carbonyl (C=O) groups is 3. The predicted octanol–water partition coefficient (Wildman–Crippen LogP) is 16.4. The van der Waals surface area contributed by atoms with E-state index in [1.54, 1.807) is 0 Å². The fourth-order valence-corrected chi connectivity index (χ4v) is 7.73. The number of hydrogen-bond acceptors (Lipinski definition) is 6. The van der Waals surface area contributed by atoms with Gasteiger partial charge in [0.1, 0.15) is 13.2 Å². The Morgan fingerprint density at radius 1 is 0.345 bits per heavy atom. The molecule has 1 unspecified atom stereocenters. The van der Waals surface area contributed by atoms with Gasteiger partial charge in [0.25, 0.3) is 0 Å². The Morgan fingerprint density at radius 3 is 0.897 bits per heavy atom. The standard InChI is InChI=1S/C52H100O6/c1-7-48(6)40-34-28-22-17-18-24-31-37-43-52(55)58-49(45-57-51(54)42-36-30-25-19-21-27-33-39-47(4)5)44-56-50(53)41-35-29-23-16-14-12-10-8-9-11-13-15-20-26-32-38-46(2)3/h46-49H,7-45H2,1-6H3/t48?,49-/m0/s1. The number of hydrogen-bond donors (Lipinski definition) is 0. The minimum absolute atomic E-state index is 0.0655. The molecule has 0 saturated carbocycles. The summed E-state index contributed by atoms with van der Waals surface area (Å²) in [6.45, 7) is 13.7. The fraction of sp³-hybridized carbons (Fsp3) is 0.942. The van der Waals surface area contributed by atoms with Gasteiger partial charge >= 0.3 is 17.9 Å². The number of esters is 3. The van der Waals surface area contributed by atoms with Crippen molar-refractivity contribution >= 4 is 17.9 Å². The highest BCUT2D eigenvalue weighted by molar-refractivity contribution is 5.71. The van der Waals surface area contributed by atoms with Gasteiger partial charge in [0.05, 0.1) is 0 Å². The summed E-state index contributed by atoms with van der Waals surface area (Å²) in [6.07, 6.45) is 42.4. The topological polar surface area (TPSA) is 78.9 Å². The summed E-state index contributed by atoms with van der Waals surface area (Å²) in [5.41, 5.74) is 0. The van der Waals surface area contributed by atoms with Crippen LogP contribution in [0.5, 0.6) is 0 Å². The smallest absolute Gasteiger partial charge is 0.306 e. The highest BCUT2D eigenvalue weighted by atomic mass is 16.6. The minimum Gasteiger partial charge on any atom is -0.462 e. The van der Waals surface area contributed by atoms with Crippen LogP contribution in [0.2, 0.25) is 0 Å². The van der Waals surface area contributed by atoms with Gasteiger partial charge in [0.15, 0.2) is 6.10 Å². The van der Waals surface area contributed by atoms with Gasteiger partial charge < -0.3 is 14.2 Å². The molecule has 58 heavy (non-hydrogen) atoms. The maximum Gasteiger partial charge on any atom is 0.306 e. The van der Waals surface area contributed by atoms with Gasteiger partial charge in [0, 0.05) is 19.3 Å². The molecule has 0 heterocycles. The zero-order chi connectivity index (χ0) is 42.7.